The fourth-order valence-corrected chi connectivity index (χ4v) is 4.28. The lowest BCUT2D eigenvalue weighted by Crippen LogP contribution is -2.02. The topological polar surface area (TPSA) is 69.4 Å². The largest absolute Gasteiger partial charge is 0.235 e. The Morgan fingerprint density at radius 3 is 3.05 bits per heavy atom. The van der Waals surface area contributed by atoms with Gasteiger partial charge in [0.15, 0.2) is 0 Å². The van der Waals surface area contributed by atoms with Crippen molar-refractivity contribution in [2.75, 3.05) is 0 Å². The van der Waals surface area contributed by atoms with Crippen molar-refractivity contribution in [3.8, 4) is 0 Å². The van der Waals surface area contributed by atoms with Gasteiger partial charge in [-0.25, -0.2) is 14.6 Å². The van der Waals surface area contributed by atoms with Crippen molar-refractivity contribution in [2.24, 2.45) is 0 Å². The molecular formula is C12H8N6S3. The zero-order valence-electron chi connectivity index (χ0n) is 10.6. The maximum absolute atomic E-state index is 4.35. The molecule has 4 aromatic rings. The molecule has 0 fully saturated rings. The van der Waals surface area contributed by atoms with Crippen LogP contribution in [0.4, 0.5) is 0 Å². The van der Waals surface area contributed by atoms with Crippen molar-refractivity contribution in [2.45, 2.75) is 16.7 Å². The SMILES string of the molecule is c1csc(Cn2nnnc2Sc2ncnc3ccsc23)c1. The molecule has 4 aromatic heterocycles. The molecule has 0 N–H and O–H groups in total. The first-order chi connectivity index (χ1) is 10.4. The van der Waals surface area contributed by atoms with Gasteiger partial charge in [-0.05, 0) is 45.1 Å². The highest BCUT2D eigenvalue weighted by atomic mass is 32.2. The molecule has 0 saturated heterocycles. The summed E-state index contributed by atoms with van der Waals surface area (Å²) in [6.07, 6.45) is 1.57. The summed E-state index contributed by atoms with van der Waals surface area (Å²) in [6.45, 7) is 0.672. The Morgan fingerprint density at radius 2 is 2.14 bits per heavy atom. The van der Waals surface area contributed by atoms with Gasteiger partial charge in [0, 0.05) is 4.88 Å². The van der Waals surface area contributed by atoms with E-state index in [-0.39, 0.29) is 0 Å². The molecule has 9 heteroatoms. The molecule has 0 radical (unpaired) electrons. The molecule has 0 aliphatic carbocycles. The normalized spacial score (nSPS) is 11.2. The van der Waals surface area contributed by atoms with Crippen molar-refractivity contribution in [1.29, 1.82) is 0 Å². The van der Waals surface area contributed by atoms with Crippen LogP contribution in [0.25, 0.3) is 10.2 Å². The summed E-state index contributed by atoms with van der Waals surface area (Å²) in [5.74, 6) is 0. The molecular weight excluding hydrogens is 324 g/mol. The van der Waals surface area contributed by atoms with E-state index in [0.29, 0.717) is 6.54 Å². The van der Waals surface area contributed by atoms with E-state index in [1.54, 1.807) is 33.7 Å². The van der Waals surface area contributed by atoms with Gasteiger partial charge in [-0.2, -0.15) is 0 Å². The van der Waals surface area contributed by atoms with Gasteiger partial charge in [0.1, 0.15) is 11.4 Å². The van der Waals surface area contributed by atoms with Gasteiger partial charge >= 0.3 is 0 Å². The van der Waals surface area contributed by atoms with Gasteiger partial charge < -0.3 is 0 Å². The Kier molecular flexibility index (Phi) is 3.37. The molecule has 6 nitrogen and oxygen atoms in total. The molecule has 0 aromatic carbocycles. The highest BCUT2D eigenvalue weighted by Crippen LogP contribution is 2.32. The molecule has 0 atom stereocenters. The van der Waals surface area contributed by atoms with Crippen molar-refractivity contribution >= 4 is 44.7 Å². The molecule has 0 bridgehead atoms. The van der Waals surface area contributed by atoms with E-state index in [1.165, 1.54) is 16.6 Å². The molecule has 0 unspecified atom stereocenters. The van der Waals surface area contributed by atoms with Gasteiger partial charge in [0.05, 0.1) is 16.8 Å². The number of fused-ring (bicyclic) bond motifs is 1. The smallest absolute Gasteiger partial charge is 0.216 e. The quantitative estimate of drug-likeness (QED) is 0.535. The minimum Gasteiger partial charge on any atom is -0.235 e. The third-order valence-corrected chi connectivity index (χ3v) is 5.66. The predicted octanol–water partition coefficient (Wildman–Crippen LogP) is 2.94. The van der Waals surface area contributed by atoms with Crippen LogP contribution in [0.3, 0.4) is 0 Å². The molecule has 0 aliphatic rings. The summed E-state index contributed by atoms with van der Waals surface area (Å²) in [7, 11) is 0. The average Bonchev–Trinajstić information content (AvgIpc) is 3.22. The predicted molar refractivity (Wildman–Crippen MR) is 82.8 cm³/mol. The fourth-order valence-electron chi connectivity index (χ4n) is 1.84. The van der Waals surface area contributed by atoms with Crippen molar-refractivity contribution in [1.82, 2.24) is 30.2 Å². The summed E-state index contributed by atoms with van der Waals surface area (Å²) in [5, 5.41) is 17.6. The second-order valence-electron chi connectivity index (χ2n) is 4.11. The van der Waals surface area contributed by atoms with Crippen LogP contribution in [0.5, 0.6) is 0 Å². The first kappa shape index (κ1) is 12.9. The van der Waals surface area contributed by atoms with Gasteiger partial charge in [0.2, 0.25) is 5.16 Å². The third-order valence-electron chi connectivity index (χ3n) is 2.78. The Morgan fingerprint density at radius 1 is 1.14 bits per heavy atom. The Hall–Kier alpha value is -1.84. The molecule has 21 heavy (non-hydrogen) atoms. The molecule has 0 amide bonds. The van der Waals surface area contributed by atoms with E-state index in [4.69, 9.17) is 0 Å². The number of aromatic nitrogens is 6. The monoisotopic (exact) mass is 332 g/mol. The van der Waals surface area contributed by atoms with Crippen LogP contribution in [0, 0.1) is 0 Å². The molecule has 4 rings (SSSR count). The lowest BCUT2D eigenvalue weighted by Gasteiger charge is -2.02. The van der Waals surface area contributed by atoms with Crippen LogP contribution in [0.1, 0.15) is 4.88 Å². The minimum atomic E-state index is 0.672. The van der Waals surface area contributed by atoms with Gasteiger partial charge in [-0.3, -0.25) is 0 Å². The number of tetrazole rings is 1. The second-order valence-corrected chi connectivity index (χ2v) is 7.02. The number of nitrogens with zero attached hydrogens (tertiary/aromatic N) is 6. The number of hydrogen-bond acceptors (Lipinski definition) is 8. The summed E-state index contributed by atoms with van der Waals surface area (Å²) < 4.78 is 2.85. The summed E-state index contributed by atoms with van der Waals surface area (Å²) in [4.78, 5) is 9.81. The van der Waals surface area contributed by atoms with Crippen molar-refractivity contribution in [3.05, 3.63) is 40.2 Å². The maximum Gasteiger partial charge on any atom is 0.216 e. The lowest BCUT2D eigenvalue weighted by atomic mass is 10.5. The zero-order chi connectivity index (χ0) is 14.1. The van der Waals surface area contributed by atoms with E-state index in [2.05, 4.69) is 31.6 Å². The summed E-state index contributed by atoms with van der Waals surface area (Å²) in [6, 6.07) is 6.08. The fraction of sp³-hybridized carbons (Fsp3) is 0.0833. The van der Waals surface area contributed by atoms with Gasteiger partial charge in [-0.15, -0.1) is 27.8 Å². The Bertz CT molecular complexity index is 866. The first-order valence-electron chi connectivity index (χ1n) is 6.05. The number of rotatable bonds is 4. The Balaban J connectivity index is 1.66. The van der Waals surface area contributed by atoms with Crippen LogP contribution in [-0.2, 0) is 6.54 Å². The lowest BCUT2D eigenvalue weighted by molar-refractivity contribution is 0.608. The van der Waals surface area contributed by atoms with Gasteiger partial charge in [-0.1, -0.05) is 6.07 Å². The molecule has 4 heterocycles. The van der Waals surface area contributed by atoms with Gasteiger partial charge in [0.25, 0.3) is 0 Å². The van der Waals surface area contributed by atoms with Crippen LogP contribution >= 0.6 is 34.4 Å². The first-order valence-corrected chi connectivity index (χ1v) is 8.62. The standard InChI is InChI=1S/C12H8N6S3/c1-2-8(19-4-1)6-18-12(15-16-17-18)21-11-10-9(3-5-20-10)13-7-14-11/h1-5,7H,6H2. The summed E-state index contributed by atoms with van der Waals surface area (Å²) in [5.41, 5.74) is 0.954. The van der Waals surface area contributed by atoms with Crippen molar-refractivity contribution < 1.29 is 0 Å². The van der Waals surface area contributed by atoms with Crippen LogP contribution in [-0.4, -0.2) is 30.2 Å². The minimum absolute atomic E-state index is 0.672. The van der Waals surface area contributed by atoms with E-state index in [1.807, 2.05) is 22.9 Å². The maximum atomic E-state index is 4.35. The summed E-state index contributed by atoms with van der Waals surface area (Å²) >= 11 is 4.78. The number of thiophene rings is 2. The highest BCUT2D eigenvalue weighted by Gasteiger charge is 2.13. The number of hydrogen-bond donors (Lipinski definition) is 0. The van der Waals surface area contributed by atoms with Crippen molar-refractivity contribution in [3.63, 3.8) is 0 Å². The highest BCUT2D eigenvalue weighted by molar-refractivity contribution is 7.99. The Labute approximate surface area is 131 Å². The van der Waals surface area contributed by atoms with Crippen LogP contribution in [0.2, 0.25) is 0 Å². The average molecular weight is 332 g/mol. The van der Waals surface area contributed by atoms with Crippen LogP contribution < -0.4 is 0 Å². The molecule has 0 saturated carbocycles. The van der Waals surface area contributed by atoms with E-state index >= 15 is 0 Å². The van der Waals surface area contributed by atoms with E-state index in [0.717, 1.165) is 20.4 Å². The van der Waals surface area contributed by atoms with E-state index < -0.39 is 0 Å². The third kappa shape index (κ3) is 2.55. The molecule has 0 aliphatic heterocycles. The van der Waals surface area contributed by atoms with Crippen LogP contribution in [0.15, 0.2) is 45.5 Å². The van der Waals surface area contributed by atoms with E-state index in [9.17, 15) is 0 Å². The molecule has 0 spiro atoms. The molecule has 104 valence electrons. The second kappa shape index (κ2) is 5.51. The zero-order valence-corrected chi connectivity index (χ0v) is 13.0.